The second-order valence-electron chi connectivity index (χ2n) is 7.64. The number of nitrogens with one attached hydrogen (secondary N) is 1. The number of hydrogen-bond donors (Lipinski definition) is 1. The number of aromatic nitrogens is 1. The lowest BCUT2D eigenvalue weighted by molar-refractivity contribution is -0.134. The molecule has 0 saturated carbocycles. The monoisotopic (exact) mass is 481 g/mol. The van der Waals surface area contributed by atoms with E-state index in [9.17, 15) is 9.59 Å². The average molecular weight is 482 g/mol. The van der Waals surface area contributed by atoms with Crippen LogP contribution < -0.4 is 5.32 Å². The minimum absolute atomic E-state index is 0.0362. The van der Waals surface area contributed by atoms with Gasteiger partial charge in [0.1, 0.15) is 17.3 Å². The molecule has 0 unspecified atom stereocenters. The summed E-state index contributed by atoms with van der Waals surface area (Å²) in [6.45, 7) is 1.19. The Labute approximate surface area is 189 Å². The molecule has 1 fully saturated rings. The van der Waals surface area contributed by atoms with E-state index in [0.717, 1.165) is 21.6 Å². The van der Waals surface area contributed by atoms with E-state index in [0.29, 0.717) is 44.6 Å². The van der Waals surface area contributed by atoms with Crippen LogP contribution in [0.1, 0.15) is 25.0 Å². The van der Waals surface area contributed by atoms with Gasteiger partial charge in [-0.25, -0.2) is 4.98 Å². The van der Waals surface area contributed by atoms with E-state index < -0.39 is 0 Å². The molecule has 0 spiro atoms. The first-order valence-electron chi connectivity index (χ1n) is 10.4. The van der Waals surface area contributed by atoms with Crippen molar-refractivity contribution in [3.63, 3.8) is 0 Å². The van der Waals surface area contributed by atoms with E-state index in [4.69, 9.17) is 4.42 Å². The summed E-state index contributed by atoms with van der Waals surface area (Å²) in [5.74, 6) is 2.13. The molecular formula is C24H24BrN3O3. The molecule has 2 aromatic heterocycles. The Hall–Kier alpha value is -2.93. The van der Waals surface area contributed by atoms with Gasteiger partial charge in [0.25, 0.3) is 0 Å². The molecule has 1 N–H and O–H groups in total. The Balaban J connectivity index is 1.23. The molecule has 0 aliphatic carbocycles. The van der Waals surface area contributed by atoms with Crippen LogP contribution in [0.4, 0.5) is 5.82 Å². The van der Waals surface area contributed by atoms with Gasteiger partial charge in [-0.2, -0.15) is 0 Å². The number of nitrogens with zero attached hydrogens (tertiary/aromatic N) is 2. The maximum atomic E-state index is 12.6. The molecule has 6 nitrogen and oxygen atoms in total. The summed E-state index contributed by atoms with van der Waals surface area (Å²) < 4.78 is 6.75. The highest BCUT2D eigenvalue weighted by Crippen LogP contribution is 2.24. The molecule has 0 bridgehead atoms. The lowest BCUT2D eigenvalue weighted by Gasteiger charge is -2.31. The van der Waals surface area contributed by atoms with Gasteiger partial charge in [-0.1, -0.05) is 30.3 Å². The van der Waals surface area contributed by atoms with Crippen molar-refractivity contribution < 1.29 is 14.0 Å². The molecule has 3 aromatic rings. The second-order valence-corrected chi connectivity index (χ2v) is 8.55. The SMILES string of the molecule is O=C(Nc1ccc(Br)cn1)C1CCN(C(=O)CCc2ccc(-c3ccccc3)o2)CC1. The van der Waals surface area contributed by atoms with Crippen LogP contribution in [0.3, 0.4) is 0 Å². The largest absolute Gasteiger partial charge is 0.461 e. The van der Waals surface area contributed by atoms with E-state index >= 15 is 0 Å². The van der Waals surface area contributed by atoms with Crippen molar-refractivity contribution in [2.24, 2.45) is 5.92 Å². The number of halogens is 1. The molecule has 31 heavy (non-hydrogen) atoms. The van der Waals surface area contributed by atoms with Crippen LogP contribution in [0.25, 0.3) is 11.3 Å². The van der Waals surface area contributed by atoms with Gasteiger partial charge in [-0.05, 0) is 53.0 Å². The quantitative estimate of drug-likeness (QED) is 0.542. The van der Waals surface area contributed by atoms with Gasteiger partial charge in [0.15, 0.2) is 0 Å². The number of piperidine rings is 1. The third-order valence-electron chi connectivity index (χ3n) is 5.50. The smallest absolute Gasteiger partial charge is 0.228 e. The predicted octanol–water partition coefficient (Wildman–Crippen LogP) is 4.91. The van der Waals surface area contributed by atoms with Gasteiger partial charge in [-0.15, -0.1) is 0 Å². The van der Waals surface area contributed by atoms with E-state index in [1.807, 2.05) is 53.4 Å². The van der Waals surface area contributed by atoms with Gasteiger partial charge in [0.05, 0.1) is 0 Å². The van der Waals surface area contributed by atoms with Crippen LogP contribution >= 0.6 is 15.9 Å². The first-order chi connectivity index (χ1) is 15.1. The number of hydrogen-bond acceptors (Lipinski definition) is 4. The number of benzene rings is 1. The third-order valence-corrected chi connectivity index (χ3v) is 5.97. The number of rotatable bonds is 6. The molecule has 0 atom stereocenters. The Morgan fingerprint density at radius 3 is 2.55 bits per heavy atom. The van der Waals surface area contributed by atoms with Crippen molar-refractivity contribution in [2.75, 3.05) is 18.4 Å². The fourth-order valence-corrected chi connectivity index (χ4v) is 3.96. The lowest BCUT2D eigenvalue weighted by Crippen LogP contribution is -2.41. The Morgan fingerprint density at radius 1 is 1.06 bits per heavy atom. The molecule has 1 aliphatic rings. The molecule has 1 aliphatic heterocycles. The minimum atomic E-state index is -0.104. The van der Waals surface area contributed by atoms with Crippen LogP contribution in [0.2, 0.25) is 0 Å². The number of aryl methyl sites for hydroxylation is 1. The number of likely N-dealkylation sites (tertiary alicyclic amines) is 1. The van der Waals surface area contributed by atoms with Gasteiger partial charge in [0, 0.05) is 48.1 Å². The molecule has 4 rings (SSSR count). The number of anilines is 1. The molecule has 3 heterocycles. The van der Waals surface area contributed by atoms with E-state index in [2.05, 4.69) is 26.2 Å². The van der Waals surface area contributed by atoms with E-state index in [1.54, 1.807) is 12.3 Å². The van der Waals surface area contributed by atoms with Crippen molar-refractivity contribution in [1.82, 2.24) is 9.88 Å². The molecule has 1 aromatic carbocycles. The highest BCUT2D eigenvalue weighted by molar-refractivity contribution is 9.10. The zero-order valence-electron chi connectivity index (χ0n) is 17.1. The Bertz CT molecular complexity index is 1030. The Morgan fingerprint density at radius 2 is 1.84 bits per heavy atom. The summed E-state index contributed by atoms with van der Waals surface area (Å²) in [7, 11) is 0. The van der Waals surface area contributed by atoms with Crippen LogP contribution in [-0.4, -0.2) is 34.8 Å². The standard InChI is InChI=1S/C24H24BrN3O3/c25-19-6-10-22(26-16-19)27-24(30)18-12-14-28(15-13-18)23(29)11-8-20-7-9-21(31-20)17-4-2-1-3-5-17/h1-7,9-10,16,18H,8,11-15H2,(H,26,27,30). The van der Waals surface area contributed by atoms with Crippen LogP contribution in [0, 0.1) is 5.92 Å². The summed E-state index contributed by atoms with van der Waals surface area (Å²) in [4.78, 5) is 31.1. The number of amides is 2. The lowest BCUT2D eigenvalue weighted by atomic mass is 9.95. The van der Waals surface area contributed by atoms with Crippen molar-refractivity contribution in [1.29, 1.82) is 0 Å². The number of furan rings is 1. The van der Waals surface area contributed by atoms with E-state index in [-0.39, 0.29) is 17.7 Å². The highest BCUT2D eigenvalue weighted by atomic mass is 79.9. The first kappa shape index (κ1) is 21.3. The molecule has 1 saturated heterocycles. The summed E-state index contributed by atoms with van der Waals surface area (Å²) in [5.41, 5.74) is 1.03. The second kappa shape index (κ2) is 9.92. The summed E-state index contributed by atoms with van der Waals surface area (Å²) in [6, 6.07) is 17.4. The van der Waals surface area contributed by atoms with E-state index in [1.165, 1.54) is 0 Å². The highest BCUT2D eigenvalue weighted by Gasteiger charge is 2.27. The van der Waals surface area contributed by atoms with Crippen molar-refractivity contribution >= 4 is 33.6 Å². The third kappa shape index (κ3) is 5.61. The maximum absolute atomic E-state index is 12.6. The zero-order valence-corrected chi connectivity index (χ0v) is 18.7. The number of carbonyl (C=O) groups excluding carboxylic acids is 2. The van der Waals surface area contributed by atoms with Gasteiger partial charge >= 0.3 is 0 Å². The molecule has 160 valence electrons. The minimum Gasteiger partial charge on any atom is -0.461 e. The van der Waals surface area contributed by atoms with Gasteiger partial charge in [0.2, 0.25) is 11.8 Å². The normalized spacial score (nSPS) is 14.4. The van der Waals surface area contributed by atoms with Crippen molar-refractivity contribution in [2.45, 2.75) is 25.7 Å². The number of pyridine rings is 1. The predicted molar refractivity (Wildman–Crippen MR) is 122 cm³/mol. The average Bonchev–Trinajstić information content (AvgIpc) is 3.29. The van der Waals surface area contributed by atoms with Gasteiger partial charge in [-0.3, -0.25) is 9.59 Å². The molecule has 0 radical (unpaired) electrons. The van der Waals surface area contributed by atoms with Crippen LogP contribution in [0.15, 0.2) is 69.7 Å². The molecule has 7 heteroatoms. The molecule has 2 amide bonds. The van der Waals surface area contributed by atoms with Crippen molar-refractivity contribution in [3.05, 3.63) is 71.0 Å². The summed E-state index contributed by atoms with van der Waals surface area (Å²) >= 11 is 3.33. The topological polar surface area (TPSA) is 75.4 Å². The first-order valence-corrected chi connectivity index (χ1v) is 11.2. The summed E-state index contributed by atoms with van der Waals surface area (Å²) in [6.07, 6.45) is 3.95. The zero-order chi connectivity index (χ0) is 21.6. The summed E-state index contributed by atoms with van der Waals surface area (Å²) in [5, 5.41) is 2.86. The maximum Gasteiger partial charge on any atom is 0.228 e. The van der Waals surface area contributed by atoms with Crippen LogP contribution in [-0.2, 0) is 16.0 Å². The number of carbonyl (C=O) groups is 2. The fourth-order valence-electron chi connectivity index (χ4n) is 3.73. The van der Waals surface area contributed by atoms with Gasteiger partial charge < -0.3 is 14.6 Å². The fraction of sp³-hybridized carbons (Fsp3) is 0.292. The Kier molecular flexibility index (Phi) is 6.82. The van der Waals surface area contributed by atoms with Crippen molar-refractivity contribution in [3.8, 4) is 11.3 Å². The molecular weight excluding hydrogens is 458 g/mol. The van der Waals surface area contributed by atoms with Crippen LogP contribution in [0.5, 0.6) is 0 Å².